The molecule has 1 atom stereocenters. The predicted molar refractivity (Wildman–Crippen MR) is 138 cm³/mol. The van der Waals surface area contributed by atoms with Crippen LogP contribution in [0.25, 0.3) is 0 Å². The summed E-state index contributed by atoms with van der Waals surface area (Å²) in [7, 11) is 3.25. The largest absolute Gasteiger partial charge is 0.502 e. The van der Waals surface area contributed by atoms with E-state index in [9.17, 15) is 19.1 Å². The molecule has 11 heteroatoms. The van der Waals surface area contributed by atoms with E-state index in [-0.39, 0.29) is 42.6 Å². The summed E-state index contributed by atoms with van der Waals surface area (Å²) < 4.78 is 41.6. The van der Waals surface area contributed by atoms with Crippen molar-refractivity contribution in [3.05, 3.63) is 99.0 Å². The summed E-state index contributed by atoms with van der Waals surface area (Å²) in [6.45, 7) is 0.355. The molecule has 3 aromatic rings. The van der Waals surface area contributed by atoms with E-state index in [0.29, 0.717) is 5.56 Å². The van der Waals surface area contributed by atoms with Gasteiger partial charge in [0.1, 0.15) is 25.1 Å². The summed E-state index contributed by atoms with van der Waals surface area (Å²) in [6.07, 6.45) is 4.83. The zero-order valence-electron chi connectivity index (χ0n) is 20.7. The summed E-state index contributed by atoms with van der Waals surface area (Å²) >= 11 is 1.39. The van der Waals surface area contributed by atoms with Crippen molar-refractivity contribution in [1.82, 2.24) is 9.58 Å². The number of methoxy groups -OCH3 is 1. The van der Waals surface area contributed by atoms with Crippen LogP contribution in [-0.2, 0) is 10.5 Å². The van der Waals surface area contributed by atoms with Crippen LogP contribution in [-0.4, -0.2) is 54.6 Å². The molecular formula is C27H25F2N3O5S. The molecule has 1 amide bonds. The number of aromatic nitrogens is 1. The molecule has 1 unspecified atom stereocenters. The molecule has 1 aromatic heterocycles. The van der Waals surface area contributed by atoms with Gasteiger partial charge in [0.15, 0.2) is 23.1 Å². The molecule has 0 saturated heterocycles. The van der Waals surface area contributed by atoms with Gasteiger partial charge in [0.2, 0.25) is 5.43 Å². The number of benzene rings is 2. The van der Waals surface area contributed by atoms with Gasteiger partial charge in [-0.25, -0.2) is 8.78 Å². The van der Waals surface area contributed by atoms with Crippen LogP contribution < -0.4 is 15.2 Å². The van der Waals surface area contributed by atoms with Crippen LogP contribution in [0.4, 0.5) is 8.78 Å². The second-order valence-electron chi connectivity index (χ2n) is 8.81. The number of rotatable bonds is 0. The Labute approximate surface area is 221 Å². The number of fused-ring (bicyclic) bond motifs is 7. The lowest BCUT2D eigenvalue weighted by Crippen LogP contribution is -2.55. The minimum absolute atomic E-state index is 0.0695. The van der Waals surface area contributed by atoms with E-state index in [2.05, 4.69) is 4.74 Å². The number of aromatic hydroxyl groups is 1. The SMILES string of the molecule is COC.O=C1c2c(O)c(=O)ccn2N2CN1C/C=C/COc1cc(F)c(F)c3c1C2c1ccccc1SC3. The number of halogens is 2. The molecule has 0 fully saturated rings. The molecule has 0 aliphatic carbocycles. The molecule has 3 aliphatic heterocycles. The number of carbonyl (C=O) groups excluding carboxylic acids is 1. The molecule has 2 bridgehead atoms. The first-order valence-corrected chi connectivity index (χ1v) is 12.8. The Hall–Kier alpha value is -3.83. The van der Waals surface area contributed by atoms with Crippen molar-refractivity contribution < 1.29 is 28.2 Å². The van der Waals surface area contributed by atoms with Gasteiger partial charge in [-0.1, -0.05) is 24.3 Å². The smallest absolute Gasteiger partial charge is 0.278 e. The quantitative estimate of drug-likeness (QED) is 0.434. The topological polar surface area (TPSA) is 84.2 Å². The van der Waals surface area contributed by atoms with E-state index in [1.165, 1.54) is 33.6 Å². The van der Waals surface area contributed by atoms with Crippen molar-refractivity contribution in [3.63, 3.8) is 0 Å². The van der Waals surface area contributed by atoms with Gasteiger partial charge in [-0.3, -0.25) is 19.3 Å². The third-order valence-corrected chi connectivity index (χ3v) is 7.56. The summed E-state index contributed by atoms with van der Waals surface area (Å²) in [6, 6.07) is 9.05. The molecule has 1 N–H and O–H groups in total. The molecule has 0 radical (unpaired) electrons. The minimum atomic E-state index is -1.000. The van der Waals surface area contributed by atoms with Crippen LogP contribution >= 0.6 is 11.8 Å². The molecule has 4 heterocycles. The molecule has 38 heavy (non-hydrogen) atoms. The normalized spacial score (nSPS) is 18.4. The van der Waals surface area contributed by atoms with Crippen LogP contribution in [0.15, 0.2) is 64.4 Å². The van der Waals surface area contributed by atoms with Gasteiger partial charge in [0.05, 0.1) is 0 Å². The van der Waals surface area contributed by atoms with Crippen LogP contribution in [0.1, 0.15) is 33.2 Å². The number of thioether (sulfide) groups is 1. The average Bonchev–Trinajstić information content (AvgIpc) is 3.09. The first-order valence-electron chi connectivity index (χ1n) is 11.8. The zero-order chi connectivity index (χ0) is 27.0. The molecule has 0 spiro atoms. The van der Waals surface area contributed by atoms with Gasteiger partial charge in [-0.05, 0) is 17.7 Å². The summed E-state index contributed by atoms with van der Waals surface area (Å²) in [4.78, 5) is 27.9. The van der Waals surface area contributed by atoms with Crippen molar-refractivity contribution in [1.29, 1.82) is 0 Å². The van der Waals surface area contributed by atoms with Gasteiger partial charge in [-0.15, -0.1) is 11.8 Å². The van der Waals surface area contributed by atoms with E-state index >= 15 is 4.39 Å². The molecule has 0 saturated carbocycles. The monoisotopic (exact) mass is 541 g/mol. The second kappa shape index (κ2) is 10.5. The first-order chi connectivity index (χ1) is 18.4. The van der Waals surface area contributed by atoms with Gasteiger partial charge in [-0.2, -0.15) is 0 Å². The lowest BCUT2D eigenvalue weighted by Gasteiger charge is -2.44. The van der Waals surface area contributed by atoms with Crippen LogP contribution in [0.5, 0.6) is 11.5 Å². The first kappa shape index (κ1) is 25.8. The number of nitrogens with zero attached hydrogens (tertiary/aromatic N) is 3. The molecule has 8 nitrogen and oxygen atoms in total. The van der Waals surface area contributed by atoms with Crippen molar-refractivity contribution in [2.24, 2.45) is 0 Å². The third-order valence-electron chi connectivity index (χ3n) is 6.44. The molecule has 2 aromatic carbocycles. The van der Waals surface area contributed by atoms with Crippen molar-refractivity contribution >= 4 is 17.7 Å². The Balaban J connectivity index is 0.000000937. The fraction of sp³-hybridized carbons (Fsp3) is 0.259. The molecule has 6 rings (SSSR count). The highest BCUT2D eigenvalue weighted by Crippen LogP contribution is 2.47. The van der Waals surface area contributed by atoms with E-state index in [1.807, 2.05) is 24.3 Å². The average molecular weight is 542 g/mol. The number of carbonyl (C=O) groups is 1. The second-order valence-corrected chi connectivity index (χ2v) is 9.83. The Morgan fingerprint density at radius 1 is 1.13 bits per heavy atom. The number of pyridine rings is 1. The van der Waals surface area contributed by atoms with Crippen molar-refractivity contribution in [3.8, 4) is 11.5 Å². The third kappa shape index (κ3) is 4.31. The van der Waals surface area contributed by atoms with Gasteiger partial charge >= 0.3 is 0 Å². The number of hydrogen-bond donors (Lipinski definition) is 1. The molecule has 3 aliphatic rings. The maximum Gasteiger partial charge on any atom is 0.278 e. The molecular weight excluding hydrogens is 516 g/mol. The Bertz CT molecular complexity index is 1490. The summed E-state index contributed by atoms with van der Waals surface area (Å²) in [5.74, 6) is -2.75. The van der Waals surface area contributed by atoms with E-state index < -0.39 is 34.8 Å². The standard InChI is InChI=1S/C25H19F2N3O4S.C2H6O/c26-16-11-18-20-15(21(16)27)12-35-19-6-2-1-5-14(19)22(20)30-13-28(8-3-4-10-34-18)25(33)23-24(32)17(31)7-9-29(23)30;1-3-2/h1-7,9,11,22,32H,8,10,12-13H2;1-2H3/b4-3+;. The number of amides is 1. The van der Waals surface area contributed by atoms with E-state index in [0.717, 1.165) is 16.5 Å². The lowest BCUT2D eigenvalue weighted by molar-refractivity contribution is 0.0701. The molecule has 198 valence electrons. The lowest BCUT2D eigenvalue weighted by atomic mass is 9.92. The van der Waals surface area contributed by atoms with Crippen LogP contribution in [0.3, 0.4) is 0 Å². The van der Waals surface area contributed by atoms with Crippen molar-refractivity contribution in [2.75, 3.05) is 39.0 Å². The van der Waals surface area contributed by atoms with Gasteiger partial charge in [0, 0.05) is 60.9 Å². The highest BCUT2D eigenvalue weighted by Gasteiger charge is 2.40. The maximum atomic E-state index is 15.3. The highest BCUT2D eigenvalue weighted by atomic mass is 32.2. The Morgan fingerprint density at radius 3 is 2.68 bits per heavy atom. The van der Waals surface area contributed by atoms with Gasteiger partial charge < -0.3 is 19.5 Å². The fourth-order valence-electron chi connectivity index (χ4n) is 4.82. The number of hydrogen-bond acceptors (Lipinski definition) is 7. The maximum absolute atomic E-state index is 15.3. The Morgan fingerprint density at radius 2 is 1.89 bits per heavy atom. The van der Waals surface area contributed by atoms with Gasteiger partial charge in [0.25, 0.3) is 5.91 Å². The van der Waals surface area contributed by atoms with Crippen LogP contribution in [0, 0.1) is 11.6 Å². The van der Waals surface area contributed by atoms with Crippen LogP contribution in [0.2, 0.25) is 0 Å². The summed E-state index contributed by atoms with van der Waals surface area (Å²) in [5, 5.41) is 12.4. The van der Waals surface area contributed by atoms with Crippen molar-refractivity contribution in [2.45, 2.75) is 16.7 Å². The fourth-order valence-corrected chi connectivity index (χ4v) is 5.93. The number of ether oxygens (including phenoxy) is 2. The highest BCUT2D eigenvalue weighted by molar-refractivity contribution is 7.98. The zero-order valence-corrected chi connectivity index (χ0v) is 21.5. The van der Waals surface area contributed by atoms with E-state index in [4.69, 9.17) is 4.74 Å². The van der Waals surface area contributed by atoms with E-state index in [1.54, 1.807) is 31.4 Å². The minimum Gasteiger partial charge on any atom is -0.502 e. The Kier molecular flexibility index (Phi) is 7.13. The predicted octanol–water partition coefficient (Wildman–Crippen LogP) is 3.79. The summed E-state index contributed by atoms with van der Waals surface area (Å²) in [5.41, 5.74) is 0.551.